The molecule has 5 aromatic carbocycles. The van der Waals surface area contributed by atoms with Crippen LogP contribution in [0, 0.1) is 17.0 Å². The van der Waals surface area contributed by atoms with Crippen LogP contribution in [-0.2, 0) is 9.09 Å². The Labute approximate surface area is 401 Å². The number of carboxylic acids is 1. The number of hydrogen-bond acceptors (Lipinski definition) is 10. The highest BCUT2D eigenvalue weighted by Crippen LogP contribution is 2.56. The minimum Gasteiger partial charge on any atom is -0.478 e. The molecule has 0 radical (unpaired) electrons. The third kappa shape index (κ3) is 10.4. The molecule has 16 heteroatoms. The molecule has 67 heavy (non-hydrogen) atoms. The molecule has 0 bridgehead atoms. The average molecular weight is 963 g/mol. The van der Waals surface area contributed by atoms with E-state index in [4.69, 9.17) is 16.1 Å². The van der Waals surface area contributed by atoms with E-state index >= 15 is 0 Å². The third-order valence-electron chi connectivity index (χ3n) is 12.5. The Hall–Kier alpha value is -5.76. The molecular weight excluding hydrogens is 905 g/mol. The number of nitro groups is 1. The van der Waals surface area contributed by atoms with E-state index in [-0.39, 0.29) is 29.7 Å². The Kier molecular flexibility index (Phi) is 14.7. The van der Waals surface area contributed by atoms with Gasteiger partial charge >= 0.3 is 13.5 Å². The minimum atomic E-state index is -3.68. The van der Waals surface area contributed by atoms with Crippen LogP contribution in [-0.4, -0.2) is 97.2 Å². The summed E-state index contributed by atoms with van der Waals surface area (Å²) in [6, 6.07) is 38.5. The number of piperazine rings is 1. The maximum absolute atomic E-state index is 14.8. The van der Waals surface area contributed by atoms with E-state index in [1.165, 1.54) is 6.07 Å². The summed E-state index contributed by atoms with van der Waals surface area (Å²) in [5, 5.41) is 27.4. The van der Waals surface area contributed by atoms with Crippen LogP contribution >= 0.6 is 30.9 Å². The number of carboxylic acid groups (broad SMARTS) is 1. The number of rotatable bonds is 17. The normalized spacial score (nSPS) is 16.8. The number of nitrogens with zero attached hydrogens (tertiary/aromatic N) is 6. The molecular formula is C51H57ClN7O6PS. The zero-order valence-electron chi connectivity index (χ0n) is 38.5. The maximum Gasteiger partial charge on any atom is 0.338 e. The van der Waals surface area contributed by atoms with Gasteiger partial charge in [-0.05, 0) is 132 Å². The van der Waals surface area contributed by atoms with Gasteiger partial charge in [-0.15, -0.1) is 11.8 Å². The number of halogens is 1. The lowest BCUT2D eigenvalue weighted by molar-refractivity contribution is -0.383. The fraction of sp³-hybridized carbons (Fsp3) is 0.314. The lowest BCUT2D eigenvalue weighted by atomic mass is 9.96. The first-order chi connectivity index (χ1) is 32.2. The zero-order chi connectivity index (χ0) is 47.4. The summed E-state index contributed by atoms with van der Waals surface area (Å²) in [6.07, 6.45) is 0.777. The van der Waals surface area contributed by atoms with E-state index in [2.05, 4.69) is 62.7 Å². The largest absolute Gasteiger partial charge is 0.478 e. The molecule has 3 heterocycles. The van der Waals surface area contributed by atoms with Crippen molar-refractivity contribution in [1.29, 1.82) is 0 Å². The van der Waals surface area contributed by atoms with Crippen LogP contribution in [0.4, 0.5) is 28.4 Å². The molecule has 2 aliphatic rings. The summed E-state index contributed by atoms with van der Waals surface area (Å²) < 4.78 is 24.6. The summed E-state index contributed by atoms with van der Waals surface area (Å²) in [4.78, 5) is 32.9. The number of aromatic carboxylic acids is 1. The first kappa shape index (κ1) is 47.7. The van der Waals surface area contributed by atoms with Gasteiger partial charge in [-0.25, -0.2) is 4.79 Å². The number of benzene rings is 5. The molecule has 0 aliphatic carbocycles. The van der Waals surface area contributed by atoms with Gasteiger partial charge in [-0.2, -0.15) is 0 Å². The molecule has 2 fully saturated rings. The first-order valence-electron chi connectivity index (χ1n) is 22.6. The lowest BCUT2D eigenvalue weighted by Crippen LogP contribution is -2.46. The molecule has 0 unspecified atom stereocenters. The highest BCUT2D eigenvalue weighted by molar-refractivity contribution is 7.99. The second-order valence-electron chi connectivity index (χ2n) is 17.5. The van der Waals surface area contributed by atoms with Gasteiger partial charge < -0.3 is 34.2 Å². The Morgan fingerprint density at radius 3 is 2.18 bits per heavy atom. The standard InChI is InChI=1S/C51H57ClN7O6PS/c1-35(2)58-36(3)48(51(60)61)49(50(58)37-14-16-39(52)17-15-37)38-10-9-11-43(32-38)56-28-26-55(27-29-56)41-18-20-42(21-19-41)57-30-31-65-66(57,64)44-22-23-46(47(33-44)59(62)63)53-40(24-25-54(4)5)34-67-45-12-7-6-8-13-45/h6-23,32-33,35,40,53H,24-31,34H2,1-5H3,(H,60,61)/t40-,66+/m1/s1. The minimum absolute atomic E-state index is 0.0204. The molecule has 350 valence electrons. The molecule has 8 rings (SSSR count). The van der Waals surface area contributed by atoms with Gasteiger partial charge in [-0.1, -0.05) is 54.1 Å². The summed E-state index contributed by atoms with van der Waals surface area (Å²) in [5.74, 6) is -0.253. The monoisotopic (exact) mass is 961 g/mol. The van der Waals surface area contributed by atoms with E-state index < -0.39 is 18.4 Å². The van der Waals surface area contributed by atoms with Crippen LogP contribution in [0.1, 0.15) is 42.4 Å². The van der Waals surface area contributed by atoms with Crippen molar-refractivity contribution >= 4 is 70.6 Å². The summed E-state index contributed by atoms with van der Waals surface area (Å²) in [5.41, 5.74) is 7.27. The van der Waals surface area contributed by atoms with Crippen LogP contribution < -0.4 is 25.1 Å². The van der Waals surface area contributed by atoms with Gasteiger partial charge in [-0.3, -0.25) is 19.3 Å². The van der Waals surface area contributed by atoms with Crippen molar-refractivity contribution in [3.8, 4) is 22.4 Å². The molecule has 2 aliphatic heterocycles. The summed E-state index contributed by atoms with van der Waals surface area (Å²) in [7, 11) is 0.340. The quantitative estimate of drug-likeness (QED) is 0.0390. The van der Waals surface area contributed by atoms with Crippen molar-refractivity contribution < 1.29 is 23.9 Å². The topological polar surface area (TPSA) is 137 Å². The average Bonchev–Trinajstić information content (AvgIpc) is 3.88. The number of thioether (sulfide) groups is 1. The van der Waals surface area contributed by atoms with E-state index in [0.29, 0.717) is 45.5 Å². The smallest absolute Gasteiger partial charge is 0.338 e. The van der Waals surface area contributed by atoms with Crippen LogP contribution in [0.15, 0.2) is 126 Å². The maximum atomic E-state index is 14.8. The highest BCUT2D eigenvalue weighted by atomic mass is 35.5. The Morgan fingerprint density at radius 1 is 0.866 bits per heavy atom. The Morgan fingerprint density at radius 2 is 1.54 bits per heavy atom. The number of carbonyl (C=O) groups is 1. The molecule has 0 amide bonds. The number of anilines is 4. The molecule has 2 atom stereocenters. The third-order valence-corrected chi connectivity index (χ3v) is 16.4. The number of nitro benzene ring substituents is 1. The summed E-state index contributed by atoms with van der Waals surface area (Å²) >= 11 is 7.98. The predicted molar refractivity (Wildman–Crippen MR) is 275 cm³/mol. The van der Waals surface area contributed by atoms with E-state index in [1.54, 1.807) is 28.6 Å². The fourth-order valence-electron chi connectivity index (χ4n) is 9.16. The van der Waals surface area contributed by atoms with Gasteiger partial charge in [0.1, 0.15) is 5.69 Å². The predicted octanol–water partition coefficient (Wildman–Crippen LogP) is 11.2. The molecule has 2 saturated heterocycles. The van der Waals surface area contributed by atoms with E-state index in [9.17, 15) is 24.6 Å². The van der Waals surface area contributed by atoms with Crippen LogP contribution in [0.2, 0.25) is 5.02 Å². The molecule has 2 N–H and O–H groups in total. The molecule has 6 aromatic rings. The Bertz CT molecular complexity index is 2760. The van der Waals surface area contributed by atoms with Crippen LogP contribution in [0.3, 0.4) is 0 Å². The first-order valence-corrected chi connectivity index (χ1v) is 25.5. The fourth-order valence-corrected chi connectivity index (χ4v) is 12.5. The van der Waals surface area contributed by atoms with Gasteiger partial charge in [0.25, 0.3) is 5.69 Å². The second-order valence-corrected chi connectivity index (χ2v) is 21.3. The van der Waals surface area contributed by atoms with Gasteiger partial charge in [0.15, 0.2) is 0 Å². The Balaban J connectivity index is 0.966. The highest BCUT2D eigenvalue weighted by Gasteiger charge is 2.41. The van der Waals surface area contributed by atoms with Crippen molar-refractivity contribution in [3.05, 3.63) is 148 Å². The van der Waals surface area contributed by atoms with Crippen molar-refractivity contribution in [1.82, 2.24) is 9.47 Å². The van der Waals surface area contributed by atoms with Crippen LogP contribution in [0.25, 0.3) is 22.4 Å². The van der Waals surface area contributed by atoms with Gasteiger partial charge in [0, 0.05) is 88.3 Å². The summed E-state index contributed by atoms with van der Waals surface area (Å²) in [6.45, 7) is 10.4. The molecule has 1 aromatic heterocycles. The number of aromatic nitrogens is 1. The molecule has 0 saturated carbocycles. The van der Waals surface area contributed by atoms with Crippen molar-refractivity contribution in [2.24, 2.45) is 0 Å². The van der Waals surface area contributed by atoms with Crippen molar-refractivity contribution in [3.63, 3.8) is 0 Å². The SMILES string of the molecule is Cc1c(C(=O)O)c(-c2cccc(N3CCN(c4ccc(N5CCO[P@@]5(=O)c5ccc(N[C@H](CCN(C)C)CSc6ccccc6)c([N+](=O)[O-])c5)cc4)CC3)c2)c(-c2ccc(Cl)cc2)n1C(C)C. The lowest BCUT2D eigenvalue weighted by Gasteiger charge is -2.37. The van der Waals surface area contributed by atoms with Crippen LogP contribution in [0.5, 0.6) is 0 Å². The van der Waals surface area contributed by atoms with Crippen molar-refractivity contribution in [2.45, 2.75) is 44.2 Å². The molecule has 0 spiro atoms. The number of nitrogens with one attached hydrogen (secondary N) is 1. The van der Waals surface area contributed by atoms with E-state index in [1.807, 2.05) is 99.9 Å². The zero-order valence-corrected chi connectivity index (χ0v) is 40.9. The van der Waals surface area contributed by atoms with Crippen molar-refractivity contribution in [2.75, 3.05) is 85.5 Å². The molecule has 13 nitrogen and oxygen atoms in total. The van der Waals surface area contributed by atoms with E-state index in [0.717, 1.165) is 72.2 Å². The van der Waals surface area contributed by atoms with Gasteiger partial charge in [0.05, 0.1) is 34.6 Å². The number of hydrogen-bond donors (Lipinski definition) is 2. The second kappa shape index (κ2) is 20.6. The van der Waals surface area contributed by atoms with Gasteiger partial charge in [0.2, 0.25) is 0 Å².